The molecule has 1 aromatic rings. The fourth-order valence-corrected chi connectivity index (χ4v) is 2.66. The number of benzene rings is 1. The van der Waals surface area contributed by atoms with Gasteiger partial charge in [-0.3, -0.25) is 10.1 Å². The van der Waals surface area contributed by atoms with Crippen LogP contribution >= 0.6 is 0 Å². The van der Waals surface area contributed by atoms with E-state index in [1.54, 1.807) is 0 Å². The highest BCUT2D eigenvalue weighted by atomic mass is 32.2. The molecule has 0 amide bonds. The number of hydrogen-bond donors (Lipinski definition) is 2. The van der Waals surface area contributed by atoms with Gasteiger partial charge in [-0.1, -0.05) is 13.8 Å². The van der Waals surface area contributed by atoms with Crippen LogP contribution in [0.4, 0.5) is 5.69 Å². The minimum absolute atomic E-state index is 0.0143. The van der Waals surface area contributed by atoms with E-state index in [1.165, 1.54) is 19.2 Å². The summed E-state index contributed by atoms with van der Waals surface area (Å²) in [6, 6.07) is 3.76. The zero-order chi connectivity index (χ0) is 16.0. The van der Waals surface area contributed by atoms with Crippen LogP contribution < -0.4 is 14.8 Å². The lowest BCUT2D eigenvalue weighted by atomic mass is 10.3. The molecule has 8 nitrogen and oxygen atoms in total. The molecular weight excluding hydrogens is 298 g/mol. The number of hydrogen-bond acceptors (Lipinski definition) is 6. The van der Waals surface area contributed by atoms with Crippen LogP contribution in [0.15, 0.2) is 23.1 Å². The zero-order valence-corrected chi connectivity index (χ0v) is 12.9. The monoisotopic (exact) mass is 317 g/mol. The second kappa shape index (κ2) is 7.34. The number of nitro groups is 1. The van der Waals surface area contributed by atoms with E-state index in [0.29, 0.717) is 6.54 Å². The van der Waals surface area contributed by atoms with E-state index in [9.17, 15) is 18.5 Å². The molecule has 0 heterocycles. The number of methoxy groups -OCH3 is 1. The Morgan fingerprint density at radius 3 is 2.52 bits per heavy atom. The number of ether oxygens (including phenoxy) is 1. The molecule has 0 unspecified atom stereocenters. The summed E-state index contributed by atoms with van der Waals surface area (Å²) in [5, 5.41) is 14.0. The van der Waals surface area contributed by atoms with E-state index in [4.69, 9.17) is 4.74 Å². The van der Waals surface area contributed by atoms with Crippen LogP contribution in [-0.4, -0.2) is 39.6 Å². The van der Waals surface area contributed by atoms with E-state index in [1.807, 2.05) is 13.8 Å². The Labute approximate surface area is 123 Å². The van der Waals surface area contributed by atoms with Gasteiger partial charge in [0.2, 0.25) is 10.0 Å². The Morgan fingerprint density at radius 1 is 1.33 bits per heavy atom. The fourth-order valence-electron chi connectivity index (χ4n) is 1.61. The topological polar surface area (TPSA) is 111 Å². The molecule has 0 bridgehead atoms. The van der Waals surface area contributed by atoms with Crippen molar-refractivity contribution in [3.05, 3.63) is 28.3 Å². The molecule has 0 aliphatic carbocycles. The molecule has 1 aromatic carbocycles. The Morgan fingerprint density at radius 2 is 2.00 bits per heavy atom. The van der Waals surface area contributed by atoms with Crippen LogP contribution in [0.25, 0.3) is 0 Å². The van der Waals surface area contributed by atoms with Crippen LogP contribution in [0.1, 0.15) is 13.8 Å². The third-order valence-corrected chi connectivity index (χ3v) is 4.09. The number of sulfonamides is 1. The number of rotatable bonds is 8. The Hall–Kier alpha value is -1.71. The summed E-state index contributed by atoms with van der Waals surface area (Å²) in [6.45, 7) is 4.55. The van der Waals surface area contributed by atoms with Gasteiger partial charge in [-0.2, -0.15) is 0 Å². The van der Waals surface area contributed by atoms with Crippen LogP contribution in [0, 0.1) is 10.1 Å². The minimum atomic E-state index is -3.79. The maximum atomic E-state index is 12.0. The van der Waals surface area contributed by atoms with Crippen LogP contribution in [0.5, 0.6) is 5.75 Å². The summed E-state index contributed by atoms with van der Waals surface area (Å²) in [7, 11) is -2.51. The van der Waals surface area contributed by atoms with Gasteiger partial charge in [0, 0.05) is 25.2 Å². The number of nitrogens with one attached hydrogen (secondary N) is 2. The van der Waals surface area contributed by atoms with Crippen molar-refractivity contribution in [1.29, 1.82) is 0 Å². The Bertz CT molecular complexity index is 601. The molecule has 0 saturated carbocycles. The highest BCUT2D eigenvalue weighted by Gasteiger charge is 2.21. The summed E-state index contributed by atoms with van der Waals surface area (Å²) in [5.74, 6) is 0.0143. The first-order chi connectivity index (χ1) is 9.77. The summed E-state index contributed by atoms with van der Waals surface area (Å²) in [4.78, 5) is 10.0. The first-order valence-corrected chi connectivity index (χ1v) is 7.81. The molecule has 21 heavy (non-hydrogen) atoms. The largest absolute Gasteiger partial charge is 0.490 e. The second-order valence-corrected chi connectivity index (χ2v) is 6.36. The second-order valence-electron chi connectivity index (χ2n) is 4.60. The molecule has 9 heteroatoms. The van der Waals surface area contributed by atoms with Gasteiger partial charge in [-0.05, 0) is 12.1 Å². The van der Waals surface area contributed by atoms with Crippen LogP contribution in [0.2, 0.25) is 0 Å². The quantitative estimate of drug-likeness (QED) is 0.418. The van der Waals surface area contributed by atoms with Crippen molar-refractivity contribution in [3.63, 3.8) is 0 Å². The predicted octanol–water partition coefficient (Wildman–Crippen LogP) is 0.880. The average molecular weight is 317 g/mol. The predicted molar refractivity (Wildman–Crippen MR) is 78.0 cm³/mol. The van der Waals surface area contributed by atoms with Crippen LogP contribution in [-0.2, 0) is 10.0 Å². The molecule has 118 valence electrons. The fraction of sp³-hybridized carbons (Fsp3) is 0.500. The molecule has 2 N–H and O–H groups in total. The van der Waals surface area contributed by atoms with Gasteiger partial charge < -0.3 is 10.1 Å². The molecule has 0 spiro atoms. The highest BCUT2D eigenvalue weighted by Crippen LogP contribution is 2.29. The molecule has 0 saturated heterocycles. The van der Waals surface area contributed by atoms with Crippen molar-refractivity contribution in [1.82, 2.24) is 10.0 Å². The van der Waals surface area contributed by atoms with Gasteiger partial charge in [0.1, 0.15) is 0 Å². The van der Waals surface area contributed by atoms with E-state index < -0.39 is 14.9 Å². The average Bonchev–Trinajstić information content (AvgIpc) is 2.42. The van der Waals surface area contributed by atoms with Crippen molar-refractivity contribution in [2.45, 2.75) is 24.8 Å². The third-order valence-electron chi connectivity index (χ3n) is 2.63. The lowest BCUT2D eigenvalue weighted by Gasteiger charge is -2.10. The van der Waals surface area contributed by atoms with E-state index >= 15 is 0 Å². The number of nitrogens with zero attached hydrogens (tertiary/aromatic N) is 1. The Kier molecular flexibility index (Phi) is 6.06. The summed E-state index contributed by atoms with van der Waals surface area (Å²) < 4.78 is 31.3. The van der Waals surface area contributed by atoms with Gasteiger partial charge >= 0.3 is 5.69 Å². The SMILES string of the molecule is COc1ccc(S(=O)(=O)NCCNC(C)C)cc1[N+](=O)[O-]. The number of nitro benzene ring substituents is 1. The lowest BCUT2D eigenvalue weighted by molar-refractivity contribution is -0.386. The first kappa shape index (κ1) is 17.3. The smallest absolute Gasteiger partial charge is 0.312 e. The maximum Gasteiger partial charge on any atom is 0.312 e. The summed E-state index contributed by atoms with van der Waals surface area (Å²) in [6.07, 6.45) is 0. The minimum Gasteiger partial charge on any atom is -0.490 e. The molecular formula is C12H19N3O5S. The standard InChI is InChI=1S/C12H19N3O5S/c1-9(2)13-6-7-14-21(18,19)10-4-5-12(20-3)11(8-10)15(16)17/h4-5,8-9,13-14H,6-7H2,1-3H3. The molecule has 0 aliphatic rings. The lowest BCUT2D eigenvalue weighted by Crippen LogP contribution is -2.34. The highest BCUT2D eigenvalue weighted by molar-refractivity contribution is 7.89. The zero-order valence-electron chi connectivity index (χ0n) is 12.1. The van der Waals surface area contributed by atoms with Crippen LogP contribution in [0.3, 0.4) is 0 Å². The van der Waals surface area contributed by atoms with Gasteiger partial charge in [0.05, 0.1) is 16.9 Å². The van der Waals surface area contributed by atoms with Crippen molar-refractivity contribution >= 4 is 15.7 Å². The molecule has 1 rings (SSSR count). The third kappa shape index (κ3) is 4.96. The summed E-state index contributed by atoms with van der Waals surface area (Å²) in [5.41, 5.74) is -0.388. The molecule has 0 atom stereocenters. The van der Waals surface area contributed by atoms with Crippen molar-refractivity contribution < 1.29 is 18.1 Å². The molecule has 0 fully saturated rings. The molecule has 0 radical (unpaired) electrons. The maximum absolute atomic E-state index is 12.0. The Balaban J connectivity index is 2.88. The van der Waals surface area contributed by atoms with Gasteiger partial charge in [0.25, 0.3) is 0 Å². The van der Waals surface area contributed by atoms with Crippen molar-refractivity contribution in [2.75, 3.05) is 20.2 Å². The van der Waals surface area contributed by atoms with Gasteiger partial charge in [0.15, 0.2) is 5.75 Å². The van der Waals surface area contributed by atoms with Crippen molar-refractivity contribution in [3.8, 4) is 5.75 Å². The van der Waals surface area contributed by atoms with E-state index in [2.05, 4.69) is 10.0 Å². The van der Waals surface area contributed by atoms with Gasteiger partial charge in [-0.15, -0.1) is 0 Å². The van der Waals surface area contributed by atoms with E-state index in [0.717, 1.165) is 6.07 Å². The van der Waals surface area contributed by atoms with Crippen molar-refractivity contribution in [2.24, 2.45) is 0 Å². The normalized spacial score (nSPS) is 11.6. The molecule has 0 aromatic heterocycles. The molecule has 0 aliphatic heterocycles. The summed E-state index contributed by atoms with van der Waals surface area (Å²) >= 11 is 0. The first-order valence-electron chi connectivity index (χ1n) is 6.33. The van der Waals surface area contributed by atoms with Gasteiger partial charge in [-0.25, -0.2) is 13.1 Å². The van der Waals surface area contributed by atoms with E-state index in [-0.39, 0.29) is 28.9 Å².